The maximum atomic E-state index is 9.20. The third-order valence-corrected chi connectivity index (χ3v) is 2.89. The van der Waals surface area contributed by atoms with E-state index in [0.29, 0.717) is 22.9 Å². The molecule has 0 amide bonds. The summed E-state index contributed by atoms with van der Waals surface area (Å²) in [4.78, 5) is 0. The number of hydrogen-bond donors (Lipinski definition) is 0. The molecular weight excluding hydrogens is 222 g/mol. The summed E-state index contributed by atoms with van der Waals surface area (Å²) in [6.07, 6.45) is 0.568. The lowest BCUT2D eigenvalue weighted by Gasteiger charge is -2.08. The molecule has 0 heterocycles. The van der Waals surface area contributed by atoms with Crippen LogP contribution in [-0.2, 0) is 6.42 Å². The molecule has 0 fully saturated rings. The third-order valence-electron chi connectivity index (χ3n) is 2.89. The summed E-state index contributed by atoms with van der Waals surface area (Å²) in [7, 11) is 0. The molecule has 0 spiro atoms. The molecule has 2 aromatic carbocycles. The summed E-state index contributed by atoms with van der Waals surface area (Å²) < 4.78 is 0. The van der Waals surface area contributed by atoms with Crippen LogP contribution in [0.15, 0.2) is 24.3 Å². The van der Waals surface area contributed by atoms with Gasteiger partial charge in [-0.3, -0.25) is 0 Å². The molecule has 0 aliphatic heterocycles. The van der Waals surface area contributed by atoms with Crippen LogP contribution in [0, 0.1) is 40.9 Å². The first kappa shape index (κ1) is 11.6. The SMILES string of the molecule is [CH2]Cc1ccc(C#N)c2c(C#N)c(C#N)ccc12. The smallest absolute Gasteiger partial charge is 0.101 e. The van der Waals surface area contributed by atoms with E-state index < -0.39 is 0 Å². The highest BCUT2D eigenvalue weighted by molar-refractivity contribution is 5.96. The van der Waals surface area contributed by atoms with Gasteiger partial charge in [0.05, 0.1) is 22.8 Å². The minimum Gasteiger partial charge on any atom is -0.192 e. The Morgan fingerprint density at radius 2 is 1.56 bits per heavy atom. The van der Waals surface area contributed by atoms with Gasteiger partial charge in [0.15, 0.2) is 0 Å². The van der Waals surface area contributed by atoms with Gasteiger partial charge in [0, 0.05) is 5.39 Å². The van der Waals surface area contributed by atoms with Crippen LogP contribution in [0.2, 0.25) is 0 Å². The van der Waals surface area contributed by atoms with Gasteiger partial charge in [0.2, 0.25) is 0 Å². The van der Waals surface area contributed by atoms with E-state index >= 15 is 0 Å². The maximum absolute atomic E-state index is 9.20. The number of benzene rings is 2. The van der Waals surface area contributed by atoms with Crippen molar-refractivity contribution in [2.45, 2.75) is 6.42 Å². The molecule has 0 aliphatic rings. The highest BCUT2D eigenvalue weighted by atomic mass is 14.3. The number of rotatable bonds is 1. The van der Waals surface area contributed by atoms with Crippen molar-refractivity contribution in [1.82, 2.24) is 0 Å². The number of fused-ring (bicyclic) bond motifs is 1. The summed E-state index contributed by atoms with van der Waals surface area (Å²) in [6, 6.07) is 13.0. The molecule has 83 valence electrons. The molecule has 0 saturated carbocycles. The second-order valence-electron chi connectivity index (χ2n) is 3.77. The van der Waals surface area contributed by atoms with E-state index in [2.05, 4.69) is 13.0 Å². The molecular formula is C15H8N3. The largest absolute Gasteiger partial charge is 0.192 e. The van der Waals surface area contributed by atoms with Gasteiger partial charge in [-0.1, -0.05) is 12.1 Å². The van der Waals surface area contributed by atoms with E-state index in [1.165, 1.54) is 0 Å². The van der Waals surface area contributed by atoms with Crippen LogP contribution < -0.4 is 0 Å². The molecule has 0 saturated heterocycles. The predicted octanol–water partition coefficient (Wildman–Crippen LogP) is 2.83. The van der Waals surface area contributed by atoms with Crippen molar-refractivity contribution in [3.05, 3.63) is 53.4 Å². The first-order valence-corrected chi connectivity index (χ1v) is 5.35. The van der Waals surface area contributed by atoms with E-state index in [0.717, 1.165) is 10.9 Å². The summed E-state index contributed by atoms with van der Waals surface area (Å²) in [5.41, 5.74) is 1.94. The minimum absolute atomic E-state index is 0.266. The van der Waals surface area contributed by atoms with Gasteiger partial charge in [0.1, 0.15) is 12.1 Å². The van der Waals surface area contributed by atoms with Crippen molar-refractivity contribution in [3.63, 3.8) is 0 Å². The summed E-state index contributed by atoms with van der Waals surface area (Å²) in [5.74, 6) is 0. The Balaban J connectivity index is 3.06. The molecule has 0 aliphatic carbocycles. The predicted molar refractivity (Wildman–Crippen MR) is 67.2 cm³/mol. The molecule has 1 radical (unpaired) electrons. The third kappa shape index (κ3) is 1.58. The van der Waals surface area contributed by atoms with Gasteiger partial charge in [-0.05, 0) is 36.4 Å². The van der Waals surface area contributed by atoms with Gasteiger partial charge in [-0.25, -0.2) is 0 Å². The van der Waals surface area contributed by atoms with Crippen molar-refractivity contribution in [2.24, 2.45) is 0 Å². The maximum Gasteiger partial charge on any atom is 0.101 e. The number of nitriles is 3. The van der Waals surface area contributed by atoms with Crippen LogP contribution in [-0.4, -0.2) is 0 Å². The van der Waals surface area contributed by atoms with Crippen molar-refractivity contribution in [2.75, 3.05) is 0 Å². The Morgan fingerprint density at radius 1 is 0.889 bits per heavy atom. The van der Waals surface area contributed by atoms with Gasteiger partial charge in [-0.2, -0.15) is 15.8 Å². The van der Waals surface area contributed by atoms with Gasteiger partial charge in [-0.15, -0.1) is 0 Å². The van der Waals surface area contributed by atoms with Crippen LogP contribution in [0.1, 0.15) is 22.3 Å². The number of hydrogen-bond acceptors (Lipinski definition) is 3. The lowest BCUT2D eigenvalue weighted by atomic mass is 9.92. The first-order chi connectivity index (χ1) is 8.76. The van der Waals surface area contributed by atoms with Crippen LogP contribution in [0.5, 0.6) is 0 Å². The highest BCUT2D eigenvalue weighted by Gasteiger charge is 2.13. The molecule has 2 rings (SSSR count). The second-order valence-corrected chi connectivity index (χ2v) is 3.77. The van der Waals surface area contributed by atoms with Crippen LogP contribution in [0.3, 0.4) is 0 Å². The summed E-state index contributed by atoms with van der Waals surface area (Å²) in [5, 5.41) is 28.7. The zero-order valence-corrected chi connectivity index (χ0v) is 9.57. The van der Waals surface area contributed by atoms with Crippen LogP contribution in [0.4, 0.5) is 0 Å². The van der Waals surface area contributed by atoms with Crippen molar-refractivity contribution in [3.8, 4) is 18.2 Å². The molecule has 0 aromatic heterocycles. The average molecular weight is 230 g/mol. The fourth-order valence-electron chi connectivity index (χ4n) is 2.03. The molecule has 2 aromatic rings. The molecule has 3 nitrogen and oxygen atoms in total. The summed E-state index contributed by atoms with van der Waals surface area (Å²) >= 11 is 0. The molecule has 0 N–H and O–H groups in total. The molecule has 0 atom stereocenters. The topological polar surface area (TPSA) is 71.4 Å². The van der Waals surface area contributed by atoms with Gasteiger partial charge < -0.3 is 0 Å². The second kappa shape index (κ2) is 4.58. The van der Waals surface area contributed by atoms with E-state index in [1.54, 1.807) is 18.2 Å². The molecule has 3 heteroatoms. The van der Waals surface area contributed by atoms with E-state index in [9.17, 15) is 5.26 Å². The Hall–Kier alpha value is -2.83. The van der Waals surface area contributed by atoms with Gasteiger partial charge in [0.25, 0.3) is 0 Å². The Labute approximate surface area is 105 Å². The lowest BCUT2D eigenvalue weighted by molar-refractivity contribution is 1.30. The zero-order chi connectivity index (χ0) is 13.1. The molecule has 0 unspecified atom stereocenters. The highest BCUT2D eigenvalue weighted by Crippen LogP contribution is 2.28. The number of nitrogens with zero attached hydrogens (tertiary/aromatic N) is 3. The van der Waals surface area contributed by atoms with Gasteiger partial charge >= 0.3 is 0 Å². The van der Waals surface area contributed by atoms with Crippen molar-refractivity contribution in [1.29, 1.82) is 15.8 Å². The normalized spacial score (nSPS) is 9.44. The fourth-order valence-corrected chi connectivity index (χ4v) is 2.03. The van der Waals surface area contributed by atoms with E-state index in [1.807, 2.05) is 18.2 Å². The molecule has 18 heavy (non-hydrogen) atoms. The Bertz CT molecular complexity index is 752. The lowest BCUT2D eigenvalue weighted by Crippen LogP contribution is -1.93. The zero-order valence-electron chi connectivity index (χ0n) is 9.57. The quantitative estimate of drug-likeness (QED) is 0.756. The van der Waals surface area contributed by atoms with Crippen LogP contribution in [0.25, 0.3) is 10.8 Å². The standard InChI is InChI=1S/C15H8N3/c1-2-10-3-4-12(8-17)15-13(10)6-5-11(7-16)14(15)9-18/h3-6H,1-2H2. The fraction of sp³-hybridized carbons (Fsp3) is 0.0667. The van der Waals surface area contributed by atoms with Crippen LogP contribution >= 0.6 is 0 Å². The van der Waals surface area contributed by atoms with E-state index in [-0.39, 0.29) is 5.56 Å². The minimum atomic E-state index is 0.266. The monoisotopic (exact) mass is 230 g/mol. The Morgan fingerprint density at radius 3 is 2.11 bits per heavy atom. The molecule has 0 bridgehead atoms. The van der Waals surface area contributed by atoms with E-state index in [4.69, 9.17) is 10.5 Å². The average Bonchev–Trinajstić information content (AvgIpc) is 2.44. The Kier molecular flexibility index (Phi) is 2.96. The first-order valence-electron chi connectivity index (χ1n) is 5.35. The van der Waals surface area contributed by atoms with Crippen molar-refractivity contribution < 1.29 is 0 Å². The summed E-state index contributed by atoms with van der Waals surface area (Å²) in [6.45, 7) is 3.83. The van der Waals surface area contributed by atoms with Crippen molar-refractivity contribution >= 4 is 10.8 Å².